The predicted molar refractivity (Wildman–Crippen MR) is 150 cm³/mol. The molecule has 0 spiro atoms. The highest BCUT2D eigenvalue weighted by Gasteiger charge is 2.51. The van der Waals surface area contributed by atoms with Gasteiger partial charge < -0.3 is 9.84 Å². The monoisotopic (exact) mass is 517 g/mol. The molecular weight excluding hydrogens is 490 g/mol. The van der Waals surface area contributed by atoms with Crippen LogP contribution >= 0.6 is 0 Å². The molecule has 1 amide bonds. The Balaban J connectivity index is 1.25. The van der Waals surface area contributed by atoms with Gasteiger partial charge in [-0.3, -0.25) is 10.1 Å². The molecule has 194 valence electrons. The number of carbonyl (C=O) groups excluding carboxylic acids is 1. The lowest BCUT2D eigenvalue weighted by Crippen LogP contribution is -2.19. The fourth-order valence-electron chi connectivity index (χ4n) is 4.96. The Labute approximate surface area is 225 Å². The zero-order chi connectivity index (χ0) is 27.0. The van der Waals surface area contributed by atoms with Crippen molar-refractivity contribution in [3.8, 4) is 22.4 Å². The second kappa shape index (κ2) is 9.76. The van der Waals surface area contributed by atoms with Gasteiger partial charge in [0.2, 0.25) is 0 Å². The van der Waals surface area contributed by atoms with Gasteiger partial charge in [-0.2, -0.15) is 5.10 Å². The quantitative estimate of drug-likeness (QED) is 0.240. The molecule has 1 unspecified atom stereocenters. The highest BCUT2D eigenvalue weighted by molar-refractivity contribution is 5.98. The molecule has 1 aliphatic carbocycles. The molecule has 3 aromatic carbocycles. The molecule has 0 saturated heterocycles. The Bertz CT molecular complexity index is 1650. The van der Waals surface area contributed by atoms with Gasteiger partial charge in [-0.1, -0.05) is 84.9 Å². The second-order valence-corrected chi connectivity index (χ2v) is 9.88. The lowest BCUT2D eigenvalue weighted by atomic mass is 9.93. The van der Waals surface area contributed by atoms with Crippen LogP contribution in [-0.4, -0.2) is 26.8 Å². The number of nitrogens with one attached hydrogen (secondary N) is 1. The van der Waals surface area contributed by atoms with Gasteiger partial charge in [0.1, 0.15) is 11.8 Å². The Morgan fingerprint density at radius 3 is 2.13 bits per heavy atom. The van der Waals surface area contributed by atoms with E-state index in [0.29, 0.717) is 24.2 Å². The van der Waals surface area contributed by atoms with Crippen molar-refractivity contribution in [2.45, 2.75) is 31.3 Å². The molecule has 1 saturated carbocycles. The van der Waals surface area contributed by atoms with E-state index in [0.717, 1.165) is 33.3 Å². The molecule has 1 atom stereocenters. The maximum Gasteiger partial charge on any atom is 0.412 e. The Morgan fingerprint density at radius 2 is 1.49 bits per heavy atom. The fraction of sp³-hybridized carbons (Fsp3) is 0.156. The minimum atomic E-state index is -0.755. The van der Waals surface area contributed by atoms with Crippen LogP contribution in [0.25, 0.3) is 27.9 Å². The van der Waals surface area contributed by atoms with Crippen LogP contribution in [0.2, 0.25) is 0 Å². The first-order valence-electron chi connectivity index (χ1n) is 12.9. The minimum Gasteiger partial charge on any atom is -0.481 e. The minimum absolute atomic E-state index is 0.410. The van der Waals surface area contributed by atoms with Crippen molar-refractivity contribution in [1.29, 1.82) is 0 Å². The fourth-order valence-corrected chi connectivity index (χ4v) is 4.96. The van der Waals surface area contributed by atoms with E-state index >= 15 is 0 Å². The summed E-state index contributed by atoms with van der Waals surface area (Å²) in [6, 6.07) is 30.9. The third kappa shape index (κ3) is 4.63. The van der Waals surface area contributed by atoms with Gasteiger partial charge in [0.25, 0.3) is 0 Å². The van der Waals surface area contributed by atoms with Gasteiger partial charge in [-0.25, -0.2) is 9.31 Å². The normalized spacial score (nSPS) is 14.5. The zero-order valence-corrected chi connectivity index (χ0v) is 21.4. The van der Waals surface area contributed by atoms with E-state index in [2.05, 4.69) is 5.32 Å². The molecule has 0 radical (unpaired) electrons. The summed E-state index contributed by atoms with van der Waals surface area (Å²) in [6.45, 7) is 1.84. The summed E-state index contributed by atoms with van der Waals surface area (Å²) in [7, 11) is 0. The molecule has 2 aromatic heterocycles. The number of aliphatic carboxylic acids is 1. The first-order valence-corrected chi connectivity index (χ1v) is 12.9. The number of carbonyl (C=O) groups is 2. The first kappa shape index (κ1) is 24.4. The summed E-state index contributed by atoms with van der Waals surface area (Å²) in [6.07, 6.45) is 2.24. The summed E-state index contributed by atoms with van der Waals surface area (Å²) < 4.78 is 7.39. The van der Waals surface area contributed by atoms with Gasteiger partial charge in [0.05, 0.1) is 16.6 Å². The highest BCUT2D eigenvalue weighted by Crippen LogP contribution is 2.48. The van der Waals surface area contributed by atoms with Crippen LogP contribution in [0.5, 0.6) is 0 Å². The van der Waals surface area contributed by atoms with E-state index in [4.69, 9.17) is 9.84 Å². The smallest absolute Gasteiger partial charge is 0.412 e. The van der Waals surface area contributed by atoms with Crippen molar-refractivity contribution >= 4 is 23.3 Å². The van der Waals surface area contributed by atoms with E-state index in [9.17, 15) is 14.7 Å². The van der Waals surface area contributed by atoms with Gasteiger partial charge in [0, 0.05) is 11.8 Å². The van der Waals surface area contributed by atoms with Crippen molar-refractivity contribution in [2.24, 2.45) is 0 Å². The summed E-state index contributed by atoms with van der Waals surface area (Å²) in [5.74, 6) is -0.755. The maximum absolute atomic E-state index is 12.9. The topological polar surface area (TPSA) is 92.9 Å². The van der Waals surface area contributed by atoms with E-state index in [1.54, 1.807) is 4.52 Å². The largest absolute Gasteiger partial charge is 0.481 e. The number of benzene rings is 3. The van der Waals surface area contributed by atoms with Gasteiger partial charge in [-0.05, 0) is 54.2 Å². The van der Waals surface area contributed by atoms with E-state index in [1.165, 1.54) is 0 Å². The lowest BCUT2D eigenvalue weighted by Gasteiger charge is -2.14. The molecule has 0 bridgehead atoms. The van der Waals surface area contributed by atoms with Crippen molar-refractivity contribution in [1.82, 2.24) is 9.61 Å². The first-order chi connectivity index (χ1) is 18.9. The standard InChI is InChI=1S/C32H27N3O4/c1-21(22-7-3-2-4-8-22)39-31(38)33-29-27-9-5-6-20-35(27)34-28(29)25-12-10-23(11-13-25)24-14-16-26(17-15-24)32(18-19-32)30(36)37/h2-17,20-21H,18-19H2,1H3,(H,33,38)(H,36,37). The van der Waals surface area contributed by atoms with Gasteiger partial charge in [0.15, 0.2) is 0 Å². The molecule has 2 heterocycles. The third-order valence-electron chi connectivity index (χ3n) is 7.41. The molecule has 39 heavy (non-hydrogen) atoms. The molecular formula is C32H27N3O4. The number of carboxylic acids is 1. The lowest BCUT2D eigenvalue weighted by molar-refractivity contribution is -0.140. The Kier molecular flexibility index (Phi) is 6.11. The number of carboxylic acid groups (broad SMARTS) is 1. The molecule has 5 aromatic rings. The molecule has 7 heteroatoms. The van der Waals surface area contributed by atoms with Crippen LogP contribution in [0.3, 0.4) is 0 Å². The molecule has 0 aliphatic heterocycles. The number of aromatic nitrogens is 2. The third-order valence-corrected chi connectivity index (χ3v) is 7.41. The van der Waals surface area contributed by atoms with Crippen LogP contribution in [0, 0.1) is 0 Å². The van der Waals surface area contributed by atoms with Crippen molar-refractivity contribution in [3.05, 3.63) is 114 Å². The van der Waals surface area contributed by atoms with Crippen LogP contribution < -0.4 is 5.32 Å². The van der Waals surface area contributed by atoms with Gasteiger partial charge >= 0.3 is 12.1 Å². The average Bonchev–Trinajstić information content (AvgIpc) is 3.71. The number of fused-ring (bicyclic) bond motifs is 1. The number of amides is 1. The van der Waals surface area contributed by atoms with E-state index in [-0.39, 0.29) is 0 Å². The zero-order valence-electron chi connectivity index (χ0n) is 21.4. The molecule has 6 rings (SSSR count). The number of hydrogen-bond acceptors (Lipinski definition) is 4. The number of anilines is 1. The van der Waals surface area contributed by atoms with Crippen LogP contribution in [0.4, 0.5) is 10.5 Å². The van der Waals surface area contributed by atoms with Crippen molar-refractivity contribution in [3.63, 3.8) is 0 Å². The van der Waals surface area contributed by atoms with E-state index < -0.39 is 23.6 Å². The number of hydrogen-bond donors (Lipinski definition) is 2. The molecule has 1 aliphatic rings. The molecule has 1 fully saturated rings. The van der Waals surface area contributed by atoms with Crippen molar-refractivity contribution < 1.29 is 19.4 Å². The number of pyridine rings is 1. The highest BCUT2D eigenvalue weighted by atomic mass is 16.6. The summed E-state index contributed by atoms with van der Waals surface area (Å²) >= 11 is 0. The van der Waals surface area contributed by atoms with Crippen LogP contribution in [0.1, 0.15) is 37.0 Å². The van der Waals surface area contributed by atoms with Gasteiger partial charge in [-0.15, -0.1) is 0 Å². The average molecular weight is 518 g/mol. The number of nitrogens with zero attached hydrogens (tertiary/aromatic N) is 2. The Morgan fingerprint density at radius 1 is 0.872 bits per heavy atom. The summed E-state index contributed by atoms with van der Waals surface area (Å²) in [5.41, 5.74) is 5.84. The second-order valence-electron chi connectivity index (χ2n) is 9.88. The molecule has 7 nitrogen and oxygen atoms in total. The summed E-state index contributed by atoms with van der Waals surface area (Å²) in [4.78, 5) is 24.5. The maximum atomic E-state index is 12.9. The Hall–Kier alpha value is -4.91. The number of rotatable bonds is 7. The van der Waals surface area contributed by atoms with Crippen LogP contribution in [0.15, 0.2) is 103 Å². The van der Waals surface area contributed by atoms with Crippen molar-refractivity contribution in [2.75, 3.05) is 5.32 Å². The predicted octanol–water partition coefficient (Wildman–Crippen LogP) is 7.09. The van der Waals surface area contributed by atoms with E-state index in [1.807, 2.05) is 110 Å². The number of ether oxygens (including phenoxy) is 1. The molecule has 2 N–H and O–H groups in total. The summed E-state index contributed by atoms with van der Waals surface area (Å²) in [5, 5.41) is 17.2. The SMILES string of the molecule is CC(OC(=O)Nc1c(-c2ccc(-c3ccc(C4(C(=O)O)CC4)cc3)cc2)nn2ccccc12)c1ccccc1. The van der Waals surface area contributed by atoms with Crippen LogP contribution in [-0.2, 0) is 14.9 Å².